The van der Waals surface area contributed by atoms with Crippen molar-refractivity contribution in [2.24, 2.45) is 11.3 Å². The van der Waals surface area contributed by atoms with Crippen molar-refractivity contribution in [2.75, 3.05) is 6.54 Å². The molecule has 6 bridgehead atoms. The van der Waals surface area contributed by atoms with Gasteiger partial charge in [0.2, 0.25) is 21.8 Å². The number of amides is 4. The number of aromatic nitrogens is 3. The van der Waals surface area contributed by atoms with Gasteiger partial charge in [-0.25, -0.2) is 18.2 Å². The van der Waals surface area contributed by atoms with Gasteiger partial charge in [-0.1, -0.05) is 79.7 Å². The Bertz CT molecular complexity index is 2410. The first-order valence-electron chi connectivity index (χ1n) is 23.8. The van der Waals surface area contributed by atoms with Crippen LogP contribution in [0.15, 0.2) is 18.2 Å². The molecule has 2 aliphatic carbocycles. The van der Waals surface area contributed by atoms with Gasteiger partial charge in [0, 0.05) is 22.9 Å². The quantitative estimate of drug-likeness (QED) is 0.224. The van der Waals surface area contributed by atoms with Crippen LogP contribution in [0.5, 0.6) is 6.01 Å². The number of thiazole rings is 1. The van der Waals surface area contributed by atoms with Crippen LogP contribution in [0.4, 0.5) is 4.79 Å². The molecule has 2 aromatic heterocycles. The van der Waals surface area contributed by atoms with E-state index < -0.39 is 73.3 Å². The van der Waals surface area contributed by atoms with Gasteiger partial charge >= 0.3 is 6.09 Å². The summed E-state index contributed by atoms with van der Waals surface area (Å²) >= 11 is 1.70. The zero-order valence-corrected chi connectivity index (χ0v) is 41.9. The van der Waals surface area contributed by atoms with Crippen molar-refractivity contribution < 1.29 is 37.1 Å². The number of fused-ring (bicyclic) bond motifs is 6. The number of likely N-dealkylation sites (tertiary alicyclic amines) is 1. The van der Waals surface area contributed by atoms with Gasteiger partial charge in [-0.05, 0) is 103 Å². The molecule has 3 fully saturated rings. The van der Waals surface area contributed by atoms with E-state index in [0.29, 0.717) is 31.7 Å². The highest BCUT2D eigenvalue weighted by atomic mass is 32.2. The SMILES string of the molecule is CC[C@@H]1C[C@@]12NC(=O)[C@@H]1C[C@H](CN1C(=O)[C@@H](NC(=O)OC(C)(C)C)C(C)(C)C)Oc1nc3c(cccc3n1C(C)C)-c1nc(C(C)C)c(s1)CCCCCCCC1(CC1)S(=O)(=O)NC2=O. The molecule has 2 saturated carbocycles. The normalized spacial score (nSPS) is 25.5. The van der Waals surface area contributed by atoms with Crippen molar-refractivity contribution in [3.63, 3.8) is 0 Å². The number of carbonyl (C=O) groups excluding carboxylic acids is 4. The van der Waals surface area contributed by atoms with Gasteiger partial charge in [0.25, 0.3) is 11.9 Å². The highest BCUT2D eigenvalue weighted by Crippen LogP contribution is 2.50. The molecule has 0 radical (unpaired) electrons. The summed E-state index contributed by atoms with van der Waals surface area (Å²) in [5.41, 5.74) is 0.460. The van der Waals surface area contributed by atoms with Crippen LogP contribution in [0.3, 0.4) is 0 Å². The smallest absolute Gasteiger partial charge is 0.408 e. The lowest BCUT2D eigenvalue weighted by molar-refractivity contribution is -0.143. The van der Waals surface area contributed by atoms with E-state index in [-0.39, 0.29) is 37.3 Å². The molecular formula is C48H71N7O8S2. The lowest BCUT2D eigenvalue weighted by atomic mass is 9.85. The van der Waals surface area contributed by atoms with Gasteiger partial charge in [-0.2, -0.15) is 4.98 Å². The molecule has 4 heterocycles. The summed E-state index contributed by atoms with van der Waals surface area (Å²) in [7, 11) is -4.06. The number of para-hydroxylation sites is 1. The maximum atomic E-state index is 14.9. The van der Waals surface area contributed by atoms with Crippen molar-refractivity contribution in [1.29, 1.82) is 0 Å². The van der Waals surface area contributed by atoms with Gasteiger partial charge in [-0.3, -0.25) is 23.7 Å². The molecule has 3 N–H and O–H groups in total. The molecule has 2 aliphatic heterocycles. The number of ether oxygens (including phenoxy) is 2. The highest BCUT2D eigenvalue weighted by Gasteiger charge is 2.64. The molecule has 358 valence electrons. The van der Waals surface area contributed by atoms with Crippen molar-refractivity contribution in [2.45, 2.75) is 199 Å². The average molecular weight is 938 g/mol. The second-order valence-electron chi connectivity index (χ2n) is 21.6. The summed E-state index contributed by atoms with van der Waals surface area (Å²) in [5, 5.41) is 6.64. The van der Waals surface area contributed by atoms with Gasteiger partial charge in [0.05, 0.1) is 22.5 Å². The van der Waals surface area contributed by atoms with Crippen LogP contribution in [-0.2, 0) is 35.6 Å². The molecular weight excluding hydrogens is 867 g/mol. The number of benzene rings is 1. The standard InChI is InChI=1S/C48H71N7O8S2/c1-12-30-26-48(30)42(58)53-65(60,61)47(23-24-47)22-17-15-13-14-16-21-35-36(28(2)3)49-40(64-35)32-19-18-20-33-37(32)50-43(55(33)29(4)5)62-31-25-34(39(56)52-48)54(27-31)41(57)38(45(6,7)8)51-44(59)63-46(9,10)11/h18-20,28-31,34,38H,12-17,21-27H2,1-11H3,(H,51,59)(H,52,56)(H,53,58)/t30-,31-,34+,38-,48-/m1/s1. The maximum absolute atomic E-state index is 14.9. The predicted octanol–water partition coefficient (Wildman–Crippen LogP) is 8.31. The number of hydrogen-bond acceptors (Lipinski definition) is 11. The van der Waals surface area contributed by atoms with Crippen molar-refractivity contribution in [3.05, 3.63) is 28.8 Å². The van der Waals surface area contributed by atoms with Crippen molar-refractivity contribution in [1.82, 2.24) is 34.8 Å². The highest BCUT2D eigenvalue weighted by molar-refractivity contribution is 7.91. The number of rotatable bonds is 5. The zero-order valence-electron chi connectivity index (χ0n) is 40.3. The molecule has 1 saturated heterocycles. The van der Waals surface area contributed by atoms with Gasteiger partial charge < -0.3 is 25.0 Å². The van der Waals surface area contributed by atoms with Gasteiger partial charge in [-0.15, -0.1) is 11.3 Å². The van der Waals surface area contributed by atoms with E-state index in [1.54, 1.807) is 32.1 Å². The minimum Gasteiger partial charge on any atom is -0.459 e. The summed E-state index contributed by atoms with van der Waals surface area (Å²) in [6.45, 7) is 20.9. The average Bonchev–Trinajstić information content (AvgIpc) is 3.97. The number of hydrogen-bond donors (Lipinski definition) is 3. The van der Waals surface area contributed by atoms with Crippen LogP contribution < -0.4 is 20.1 Å². The molecule has 2 spiro atoms. The molecule has 7 rings (SSSR count). The number of aryl methyl sites for hydroxylation is 1. The summed E-state index contributed by atoms with van der Waals surface area (Å²) in [5.74, 6) is -1.96. The number of nitrogens with one attached hydrogen (secondary N) is 3. The molecule has 15 nitrogen and oxygen atoms in total. The third-order valence-electron chi connectivity index (χ3n) is 13.6. The fraction of sp³-hybridized carbons (Fsp3) is 0.708. The Morgan fingerprint density at radius 1 is 1.00 bits per heavy atom. The van der Waals surface area contributed by atoms with Gasteiger partial charge in [0.1, 0.15) is 39.9 Å². The van der Waals surface area contributed by atoms with Crippen LogP contribution in [-0.4, -0.2) is 92.3 Å². The summed E-state index contributed by atoms with van der Waals surface area (Å²) in [6, 6.07) is 4.06. The van der Waals surface area contributed by atoms with Gasteiger partial charge in [0.15, 0.2) is 0 Å². The van der Waals surface area contributed by atoms with Crippen LogP contribution >= 0.6 is 11.3 Å². The molecule has 65 heavy (non-hydrogen) atoms. The molecule has 0 unspecified atom stereocenters. The summed E-state index contributed by atoms with van der Waals surface area (Å²) in [4.78, 5) is 70.2. The fourth-order valence-electron chi connectivity index (χ4n) is 9.71. The fourth-order valence-corrected chi connectivity index (χ4v) is 12.7. The number of sulfonamides is 1. The molecule has 1 aromatic carbocycles. The molecule has 4 aliphatic rings. The maximum Gasteiger partial charge on any atom is 0.408 e. The second-order valence-corrected chi connectivity index (χ2v) is 24.8. The Kier molecular flexibility index (Phi) is 13.6. The Morgan fingerprint density at radius 3 is 2.31 bits per heavy atom. The largest absolute Gasteiger partial charge is 0.459 e. The van der Waals surface area contributed by atoms with Crippen molar-refractivity contribution in [3.8, 4) is 16.6 Å². The minimum atomic E-state index is -4.06. The summed E-state index contributed by atoms with van der Waals surface area (Å²) < 4.78 is 43.8. The first-order chi connectivity index (χ1) is 30.4. The van der Waals surface area contributed by atoms with Crippen LogP contribution in [0, 0.1) is 11.3 Å². The second kappa shape index (κ2) is 18.1. The van der Waals surface area contributed by atoms with E-state index in [9.17, 15) is 27.6 Å². The lowest BCUT2D eigenvalue weighted by Gasteiger charge is -2.36. The van der Waals surface area contributed by atoms with E-state index >= 15 is 0 Å². The Morgan fingerprint density at radius 2 is 1.69 bits per heavy atom. The van der Waals surface area contributed by atoms with E-state index in [2.05, 4.69) is 29.2 Å². The minimum absolute atomic E-state index is 0.0332. The topological polar surface area (TPSA) is 191 Å². The zero-order chi connectivity index (χ0) is 47.4. The first-order valence-corrected chi connectivity index (χ1v) is 26.1. The Labute approximate surface area is 389 Å². The van der Waals surface area contributed by atoms with E-state index in [1.807, 2.05) is 64.3 Å². The van der Waals surface area contributed by atoms with E-state index in [4.69, 9.17) is 19.4 Å². The van der Waals surface area contributed by atoms with Crippen LogP contribution in [0.2, 0.25) is 0 Å². The number of nitrogens with zero attached hydrogens (tertiary/aromatic N) is 4. The van der Waals surface area contributed by atoms with E-state index in [0.717, 1.165) is 65.8 Å². The molecule has 5 atom stereocenters. The third-order valence-corrected chi connectivity index (χ3v) is 17.0. The van der Waals surface area contributed by atoms with Crippen molar-refractivity contribution >= 4 is 56.2 Å². The number of carbonyl (C=O) groups is 4. The predicted molar refractivity (Wildman–Crippen MR) is 252 cm³/mol. The van der Waals surface area contributed by atoms with E-state index in [1.165, 1.54) is 9.78 Å². The Balaban J connectivity index is 1.29. The monoisotopic (exact) mass is 937 g/mol. The van der Waals surface area contributed by atoms with Crippen LogP contribution in [0.25, 0.3) is 21.6 Å². The molecule has 4 amide bonds. The molecule has 3 aromatic rings. The number of imidazole rings is 1. The third kappa shape index (κ3) is 10.1. The Hall–Kier alpha value is -4.25. The van der Waals surface area contributed by atoms with Crippen LogP contribution in [0.1, 0.15) is 169 Å². The number of alkyl carbamates (subject to hydrolysis) is 1. The lowest BCUT2D eigenvalue weighted by Crippen LogP contribution is -2.60. The summed E-state index contributed by atoms with van der Waals surface area (Å²) in [6.07, 6.45) is 6.25. The molecule has 17 heteroatoms. The first kappa shape index (κ1) is 48.7.